The van der Waals surface area contributed by atoms with E-state index in [9.17, 15) is 14.3 Å². The van der Waals surface area contributed by atoms with E-state index in [0.29, 0.717) is 61.3 Å². The van der Waals surface area contributed by atoms with E-state index in [2.05, 4.69) is 4.90 Å². The fourth-order valence-electron chi connectivity index (χ4n) is 4.62. The predicted octanol–water partition coefficient (Wildman–Crippen LogP) is 4.21. The fourth-order valence-corrected chi connectivity index (χ4v) is 4.75. The molecule has 1 aliphatic rings. The Bertz CT molecular complexity index is 1190. The third kappa shape index (κ3) is 4.97. The molecule has 1 fully saturated rings. The lowest BCUT2D eigenvalue weighted by Crippen LogP contribution is -2.49. The van der Waals surface area contributed by atoms with E-state index < -0.39 is 6.04 Å². The summed E-state index contributed by atoms with van der Waals surface area (Å²) in [5.41, 5.74) is 2.18. The normalized spacial score (nSPS) is 15.5. The monoisotopic (exact) mass is 485 g/mol. The molecule has 8 heteroatoms. The number of aromatic hydroxyl groups is 1. The predicted molar refractivity (Wildman–Crippen MR) is 132 cm³/mol. The second kappa shape index (κ2) is 10.6. The Morgan fingerprint density at radius 3 is 2.41 bits per heavy atom. The van der Waals surface area contributed by atoms with E-state index >= 15 is 0 Å². The standard InChI is InChI=1S/C26H29ClFN3O3/c1-18-17-23(32)24(26(33)31(18)15-16-34-2)25(19-7-9-20(27)10-8-19)30-13-11-29(12-14-30)22-6-4-3-5-21(22)28/h3-10,17,25,32H,11-16H2,1-2H3/t25-/m0/s1. The molecule has 1 atom stereocenters. The van der Waals surface area contributed by atoms with Gasteiger partial charge in [0.25, 0.3) is 5.56 Å². The van der Waals surface area contributed by atoms with Gasteiger partial charge in [0.05, 0.1) is 23.9 Å². The summed E-state index contributed by atoms with van der Waals surface area (Å²) in [6.07, 6.45) is 0. The minimum atomic E-state index is -0.470. The van der Waals surface area contributed by atoms with Crippen LogP contribution in [0.2, 0.25) is 5.02 Å². The van der Waals surface area contributed by atoms with Gasteiger partial charge in [-0.15, -0.1) is 0 Å². The SMILES string of the molecule is COCCn1c(C)cc(O)c([C@H](c2ccc(Cl)cc2)N2CCN(c3ccccc3F)CC2)c1=O. The fraction of sp³-hybridized carbons (Fsp3) is 0.346. The average molecular weight is 486 g/mol. The number of rotatable bonds is 7. The molecule has 1 aromatic heterocycles. The number of piperazine rings is 1. The van der Waals surface area contributed by atoms with E-state index in [1.165, 1.54) is 6.07 Å². The molecule has 4 rings (SSSR count). The molecule has 2 heterocycles. The summed E-state index contributed by atoms with van der Waals surface area (Å²) >= 11 is 6.13. The molecule has 2 aromatic carbocycles. The second-order valence-corrected chi connectivity index (χ2v) is 8.90. The first-order chi connectivity index (χ1) is 16.4. The highest BCUT2D eigenvalue weighted by Crippen LogP contribution is 2.34. The molecule has 0 aliphatic carbocycles. The number of halogens is 2. The Hall–Kier alpha value is -2.87. The van der Waals surface area contributed by atoms with Crippen molar-refractivity contribution < 1.29 is 14.2 Å². The van der Waals surface area contributed by atoms with Gasteiger partial charge in [-0.2, -0.15) is 0 Å². The molecule has 1 aliphatic heterocycles. The number of hydrogen-bond acceptors (Lipinski definition) is 5. The molecule has 0 bridgehead atoms. The molecule has 0 amide bonds. The summed E-state index contributed by atoms with van der Waals surface area (Å²) in [6, 6.07) is 15.2. The topological polar surface area (TPSA) is 57.9 Å². The quantitative estimate of drug-likeness (QED) is 0.543. The van der Waals surface area contributed by atoms with Crippen LogP contribution in [0.1, 0.15) is 22.9 Å². The summed E-state index contributed by atoms with van der Waals surface area (Å²) in [6.45, 7) is 4.94. The largest absolute Gasteiger partial charge is 0.507 e. The third-order valence-corrected chi connectivity index (χ3v) is 6.63. The Balaban J connectivity index is 1.72. The number of aromatic nitrogens is 1. The van der Waals surface area contributed by atoms with Crippen molar-refractivity contribution >= 4 is 17.3 Å². The molecule has 0 spiro atoms. The van der Waals surface area contributed by atoms with Crippen molar-refractivity contribution in [2.45, 2.75) is 19.5 Å². The van der Waals surface area contributed by atoms with Crippen LogP contribution in [0.15, 0.2) is 59.4 Å². The zero-order valence-corrected chi connectivity index (χ0v) is 20.1. The maximum absolute atomic E-state index is 14.3. The number of methoxy groups -OCH3 is 1. The first-order valence-corrected chi connectivity index (χ1v) is 11.7. The van der Waals surface area contributed by atoms with E-state index in [4.69, 9.17) is 16.3 Å². The highest BCUT2D eigenvalue weighted by molar-refractivity contribution is 6.30. The van der Waals surface area contributed by atoms with Crippen molar-refractivity contribution in [3.05, 3.63) is 92.6 Å². The highest BCUT2D eigenvalue weighted by Gasteiger charge is 2.32. The third-order valence-electron chi connectivity index (χ3n) is 6.37. The summed E-state index contributed by atoms with van der Waals surface area (Å²) in [7, 11) is 1.59. The van der Waals surface area contributed by atoms with Crippen LogP contribution in [-0.4, -0.2) is 54.5 Å². The molecule has 3 aromatic rings. The number of aryl methyl sites for hydroxylation is 1. The molecule has 0 saturated carbocycles. The zero-order chi connectivity index (χ0) is 24.2. The van der Waals surface area contributed by atoms with Crippen molar-refractivity contribution in [2.24, 2.45) is 0 Å². The Labute approximate surface area is 203 Å². The van der Waals surface area contributed by atoms with E-state index in [1.807, 2.05) is 23.1 Å². The van der Waals surface area contributed by atoms with E-state index in [1.54, 1.807) is 48.9 Å². The number of nitrogens with zero attached hydrogens (tertiary/aromatic N) is 3. The van der Waals surface area contributed by atoms with Gasteiger partial charge < -0.3 is 19.3 Å². The Morgan fingerprint density at radius 1 is 1.09 bits per heavy atom. The molecule has 0 unspecified atom stereocenters. The van der Waals surface area contributed by atoms with Crippen LogP contribution < -0.4 is 10.5 Å². The zero-order valence-electron chi connectivity index (χ0n) is 19.4. The number of pyridine rings is 1. The molecule has 1 saturated heterocycles. The second-order valence-electron chi connectivity index (χ2n) is 8.46. The molecule has 180 valence electrons. The van der Waals surface area contributed by atoms with E-state index in [-0.39, 0.29) is 17.1 Å². The van der Waals surface area contributed by atoms with Crippen LogP contribution in [0.25, 0.3) is 0 Å². The van der Waals surface area contributed by atoms with Gasteiger partial charge in [0.15, 0.2) is 0 Å². The van der Waals surface area contributed by atoms with Gasteiger partial charge in [0.2, 0.25) is 0 Å². The molecule has 1 N–H and O–H groups in total. The lowest BCUT2D eigenvalue weighted by atomic mass is 9.96. The first kappa shape index (κ1) is 24.3. The maximum atomic E-state index is 14.3. The van der Waals surface area contributed by atoms with Crippen LogP contribution in [0, 0.1) is 12.7 Å². The van der Waals surface area contributed by atoms with Crippen LogP contribution >= 0.6 is 11.6 Å². The summed E-state index contributed by atoms with van der Waals surface area (Å²) in [5.74, 6) is -0.282. The van der Waals surface area contributed by atoms with Crippen molar-refractivity contribution in [1.29, 1.82) is 0 Å². The molecule has 34 heavy (non-hydrogen) atoms. The van der Waals surface area contributed by atoms with Crippen LogP contribution in [-0.2, 0) is 11.3 Å². The summed E-state index contributed by atoms with van der Waals surface area (Å²) < 4.78 is 21.1. The summed E-state index contributed by atoms with van der Waals surface area (Å²) in [4.78, 5) is 17.8. The first-order valence-electron chi connectivity index (χ1n) is 11.3. The van der Waals surface area contributed by atoms with Gasteiger partial charge in [-0.05, 0) is 42.8 Å². The average Bonchev–Trinajstić information content (AvgIpc) is 2.83. The van der Waals surface area contributed by atoms with Crippen LogP contribution in [0.3, 0.4) is 0 Å². The van der Waals surface area contributed by atoms with Crippen LogP contribution in [0.4, 0.5) is 10.1 Å². The molecular weight excluding hydrogens is 457 g/mol. The minimum absolute atomic E-state index is 0.0346. The molecule has 0 radical (unpaired) electrons. The highest BCUT2D eigenvalue weighted by atomic mass is 35.5. The van der Waals surface area contributed by atoms with Gasteiger partial charge in [-0.3, -0.25) is 9.69 Å². The number of benzene rings is 2. The Morgan fingerprint density at radius 2 is 1.76 bits per heavy atom. The van der Waals surface area contributed by atoms with Gasteiger partial charge in [0.1, 0.15) is 11.6 Å². The minimum Gasteiger partial charge on any atom is -0.507 e. The van der Waals surface area contributed by atoms with Gasteiger partial charge >= 0.3 is 0 Å². The lowest BCUT2D eigenvalue weighted by molar-refractivity contribution is 0.183. The molecule has 6 nitrogen and oxygen atoms in total. The van der Waals surface area contributed by atoms with Crippen molar-refractivity contribution in [2.75, 3.05) is 44.8 Å². The smallest absolute Gasteiger partial charge is 0.259 e. The summed E-state index contributed by atoms with van der Waals surface area (Å²) in [5, 5.41) is 11.5. The maximum Gasteiger partial charge on any atom is 0.259 e. The number of ether oxygens (including phenoxy) is 1. The van der Waals surface area contributed by atoms with Crippen molar-refractivity contribution in [3.8, 4) is 5.75 Å². The van der Waals surface area contributed by atoms with Crippen molar-refractivity contribution in [3.63, 3.8) is 0 Å². The van der Waals surface area contributed by atoms with Gasteiger partial charge in [-0.25, -0.2) is 4.39 Å². The van der Waals surface area contributed by atoms with Crippen LogP contribution in [0.5, 0.6) is 5.75 Å². The number of anilines is 1. The number of hydrogen-bond donors (Lipinski definition) is 1. The van der Waals surface area contributed by atoms with Crippen molar-refractivity contribution in [1.82, 2.24) is 9.47 Å². The molecular formula is C26H29ClFN3O3. The van der Waals surface area contributed by atoms with Gasteiger partial charge in [0, 0.05) is 50.6 Å². The van der Waals surface area contributed by atoms with E-state index in [0.717, 1.165) is 5.56 Å². The Kier molecular flexibility index (Phi) is 7.56. The number of para-hydroxylation sites is 1. The lowest BCUT2D eigenvalue weighted by Gasteiger charge is -2.40. The van der Waals surface area contributed by atoms with Gasteiger partial charge in [-0.1, -0.05) is 35.9 Å².